The molecule has 1 amide bonds. The summed E-state index contributed by atoms with van der Waals surface area (Å²) < 4.78 is 27.2. The maximum atomic E-state index is 12.8. The average Bonchev–Trinajstić information content (AvgIpc) is 2.98. The summed E-state index contributed by atoms with van der Waals surface area (Å²) in [6.45, 7) is 1.21. The lowest BCUT2D eigenvalue weighted by molar-refractivity contribution is -0.117. The zero-order valence-corrected chi connectivity index (χ0v) is 16.7. The number of carbonyl (C=O) groups is 1. The van der Waals surface area contributed by atoms with E-state index in [0.717, 1.165) is 44.1 Å². The normalized spacial score (nSPS) is 20.4. The predicted molar refractivity (Wildman–Crippen MR) is 108 cm³/mol. The molecule has 1 aliphatic heterocycles. The number of nitrogens with one attached hydrogen (secondary N) is 1. The third-order valence-corrected chi connectivity index (χ3v) is 7.37. The predicted octanol–water partition coefficient (Wildman–Crippen LogP) is 3.71. The lowest BCUT2D eigenvalue weighted by Gasteiger charge is -2.21. The summed E-state index contributed by atoms with van der Waals surface area (Å²) in [4.78, 5) is 12.4. The molecule has 1 aromatic rings. The van der Waals surface area contributed by atoms with Gasteiger partial charge in [0.05, 0.1) is 4.90 Å². The molecule has 3 rings (SSSR count). The molecule has 1 saturated heterocycles. The Labute approximate surface area is 162 Å². The highest BCUT2D eigenvalue weighted by atomic mass is 32.2. The number of benzene rings is 1. The minimum atomic E-state index is -3.42. The van der Waals surface area contributed by atoms with Crippen molar-refractivity contribution in [3.8, 4) is 0 Å². The molecule has 2 fully saturated rings. The van der Waals surface area contributed by atoms with Crippen LogP contribution in [0.2, 0.25) is 0 Å². The summed E-state index contributed by atoms with van der Waals surface area (Å²) in [5.41, 5.74) is 0.823. The van der Waals surface area contributed by atoms with Crippen LogP contribution in [0.15, 0.2) is 35.2 Å². The van der Waals surface area contributed by atoms with E-state index in [1.54, 1.807) is 34.6 Å². The monoisotopic (exact) mass is 390 g/mol. The smallest absolute Gasteiger partial charge is 0.244 e. The fraction of sp³-hybridized carbons (Fsp3) is 0.571. The summed E-state index contributed by atoms with van der Waals surface area (Å²) in [7, 11) is -3.42. The Morgan fingerprint density at radius 2 is 1.52 bits per heavy atom. The molecule has 0 atom stereocenters. The second-order valence-corrected chi connectivity index (χ2v) is 9.50. The van der Waals surface area contributed by atoms with E-state index in [9.17, 15) is 13.2 Å². The summed E-state index contributed by atoms with van der Waals surface area (Å²) in [6.07, 6.45) is 13.1. The van der Waals surface area contributed by atoms with Gasteiger partial charge in [0.25, 0.3) is 0 Å². The molecule has 0 bridgehead atoms. The van der Waals surface area contributed by atoms with E-state index in [1.807, 2.05) is 0 Å². The van der Waals surface area contributed by atoms with E-state index < -0.39 is 10.0 Å². The Morgan fingerprint density at radius 1 is 0.926 bits per heavy atom. The van der Waals surface area contributed by atoms with E-state index in [0.29, 0.717) is 18.0 Å². The second-order valence-electron chi connectivity index (χ2n) is 7.56. The first kappa shape index (κ1) is 20.1. The molecular weight excluding hydrogens is 360 g/mol. The Balaban J connectivity index is 1.59. The van der Waals surface area contributed by atoms with Crippen molar-refractivity contribution >= 4 is 22.0 Å². The molecule has 0 spiro atoms. The van der Waals surface area contributed by atoms with Crippen LogP contribution in [-0.4, -0.2) is 37.8 Å². The molecule has 0 unspecified atom stereocenters. The molecule has 0 aromatic heterocycles. The minimum Gasteiger partial charge on any atom is -0.350 e. The van der Waals surface area contributed by atoms with Gasteiger partial charge in [-0.1, -0.05) is 44.2 Å². The Kier molecular flexibility index (Phi) is 7.07. The standard InChI is InChI=1S/C21H30N2O3S/c24-21(22-19-8-4-3-5-9-19)15-12-18-10-13-20(14-11-18)27(25,26)23-16-6-1-2-7-17-23/h10-15,19H,1-9,16-17H2,(H,22,24)/b15-12+. The number of hydrogen-bond acceptors (Lipinski definition) is 3. The van der Waals surface area contributed by atoms with Gasteiger partial charge in [-0.2, -0.15) is 4.31 Å². The highest BCUT2D eigenvalue weighted by molar-refractivity contribution is 7.89. The van der Waals surface area contributed by atoms with Gasteiger partial charge in [0, 0.05) is 25.2 Å². The van der Waals surface area contributed by atoms with Crippen LogP contribution in [0.4, 0.5) is 0 Å². The molecule has 1 aromatic carbocycles. The fourth-order valence-corrected chi connectivity index (χ4v) is 5.37. The number of hydrogen-bond donors (Lipinski definition) is 1. The van der Waals surface area contributed by atoms with Crippen LogP contribution in [0.25, 0.3) is 6.08 Å². The molecule has 27 heavy (non-hydrogen) atoms. The van der Waals surface area contributed by atoms with Crippen molar-refractivity contribution in [3.05, 3.63) is 35.9 Å². The number of nitrogens with zero attached hydrogens (tertiary/aromatic N) is 1. The molecule has 1 aliphatic carbocycles. The van der Waals surface area contributed by atoms with Crippen molar-refractivity contribution in [1.29, 1.82) is 0 Å². The van der Waals surface area contributed by atoms with E-state index in [-0.39, 0.29) is 11.9 Å². The quantitative estimate of drug-likeness (QED) is 0.780. The van der Waals surface area contributed by atoms with Crippen molar-refractivity contribution in [1.82, 2.24) is 9.62 Å². The lowest BCUT2D eigenvalue weighted by Crippen LogP contribution is -2.34. The van der Waals surface area contributed by atoms with Gasteiger partial charge in [0.1, 0.15) is 0 Å². The van der Waals surface area contributed by atoms with Crippen LogP contribution in [-0.2, 0) is 14.8 Å². The number of rotatable bonds is 5. The topological polar surface area (TPSA) is 66.5 Å². The molecule has 148 valence electrons. The fourth-order valence-electron chi connectivity index (χ4n) is 3.85. The SMILES string of the molecule is O=C(/C=C/c1ccc(S(=O)(=O)N2CCCCCC2)cc1)NC1CCCCC1. The Hall–Kier alpha value is -1.66. The van der Waals surface area contributed by atoms with Gasteiger partial charge in [-0.25, -0.2) is 8.42 Å². The molecule has 1 N–H and O–H groups in total. The van der Waals surface area contributed by atoms with Gasteiger partial charge < -0.3 is 5.32 Å². The zero-order chi connectivity index (χ0) is 19.1. The molecule has 1 saturated carbocycles. The van der Waals surface area contributed by atoms with Gasteiger partial charge >= 0.3 is 0 Å². The van der Waals surface area contributed by atoms with Crippen molar-refractivity contribution in [2.75, 3.05) is 13.1 Å². The van der Waals surface area contributed by atoms with Crippen LogP contribution in [0, 0.1) is 0 Å². The van der Waals surface area contributed by atoms with Crippen molar-refractivity contribution in [2.24, 2.45) is 0 Å². The Bertz CT molecular complexity index is 742. The number of sulfonamides is 1. The third-order valence-electron chi connectivity index (χ3n) is 5.46. The van der Waals surface area contributed by atoms with Crippen LogP contribution >= 0.6 is 0 Å². The van der Waals surface area contributed by atoms with E-state index >= 15 is 0 Å². The first-order valence-electron chi connectivity index (χ1n) is 10.1. The first-order chi connectivity index (χ1) is 13.1. The van der Waals surface area contributed by atoms with Gasteiger partial charge in [0.15, 0.2) is 0 Å². The Morgan fingerprint density at radius 3 is 2.15 bits per heavy atom. The summed E-state index contributed by atoms with van der Waals surface area (Å²) in [5, 5.41) is 3.05. The van der Waals surface area contributed by atoms with Crippen LogP contribution in [0.3, 0.4) is 0 Å². The largest absolute Gasteiger partial charge is 0.350 e. The van der Waals surface area contributed by atoms with Crippen LogP contribution in [0.5, 0.6) is 0 Å². The first-order valence-corrected chi connectivity index (χ1v) is 11.6. The zero-order valence-electron chi connectivity index (χ0n) is 15.9. The molecule has 0 radical (unpaired) electrons. The molecular formula is C21H30N2O3S. The van der Waals surface area contributed by atoms with Crippen molar-refractivity contribution in [3.63, 3.8) is 0 Å². The van der Waals surface area contributed by atoms with E-state index in [4.69, 9.17) is 0 Å². The van der Waals surface area contributed by atoms with E-state index in [1.165, 1.54) is 25.3 Å². The summed E-state index contributed by atoms with van der Waals surface area (Å²) >= 11 is 0. The highest BCUT2D eigenvalue weighted by Crippen LogP contribution is 2.21. The van der Waals surface area contributed by atoms with E-state index in [2.05, 4.69) is 5.32 Å². The second kappa shape index (κ2) is 9.51. The molecule has 2 aliphatic rings. The number of carbonyl (C=O) groups excluding carboxylic acids is 1. The minimum absolute atomic E-state index is 0.0804. The van der Waals surface area contributed by atoms with Gasteiger partial charge in [-0.3, -0.25) is 4.79 Å². The number of amides is 1. The third kappa shape index (κ3) is 5.66. The van der Waals surface area contributed by atoms with Crippen LogP contribution < -0.4 is 5.32 Å². The molecule has 5 nitrogen and oxygen atoms in total. The van der Waals surface area contributed by atoms with Gasteiger partial charge in [-0.15, -0.1) is 0 Å². The van der Waals surface area contributed by atoms with Gasteiger partial charge in [-0.05, 0) is 49.5 Å². The van der Waals surface area contributed by atoms with Gasteiger partial charge in [0.2, 0.25) is 15.9 Å². The summed E-state index contributed by atoms with van der Waals surface area (Å²) in [6, 6.07) is 7.08. The lowest BCUT2D eigenvalue weighted by atomic mass is 9.95. The maximum Gasteiger partial charge on any atom is 0.244 e. The molecule has 1 heterocycles. The van der Waals surface area contributed by atoms with Crippen LogP contribution in [0.1, 0.15) is 63.4 Å². The average molecular weight is 391 g/mol. The maximum absolute atomic E-state index is 12.8. The highest BCUT2D eigenvalue weighted by Gasteiger charge is 2.24. The molecule has 6 heteroatoms. The summed E-state index contributed by atoms with van der Waals surface area (Å²) in [5.74, 6) is -0.0804. The van der Waals surface area contributed by atoms with Crippen molar-refractivity contribution in [2.45, 2.75) is 68.7 Å². The van der Waals surface area contributed by atoms with Crippen molar-refractivity contribution < 1.29 is 13.2 Å².